The number of nitrogens with zero attached hydrogens (tertiary/aromatic N) is 2. The molecule has 30 heavy (non-hydrogen) atoms. The largest absolute Gasteiger partial charge is 0.398 e. The molecule has 7 heteroatoms. The number of aromatic nitrogens is 1. The molecule has 0 saturated heterocycles. The van der Waals surface area contributed by atoms with E-state index in [1.54, 1.807) is 49.0 Å². The van der Waals surface area contributed by atoms with Crippen molar-refractivity contribution in [2.24, 2.45) is 5.73 Å². The van der Waals surface area contributed by atoms with Gasteiger partial charge in [0.2, 0.25) is 0 Å². The molecule has 1 amide bonds. The number of nitrogens with one attached hydrogen (secondary N) is 1. The minimum Gasteiger partial charge on any atom is -0.398 e. The van der Waals surface area contributed by atoms with E-state index >= 15 is 0 Å². The topological polar surface area (TPSA) is 88.3 Å². The number of carbonyl (C=O) groups is 2. The third-order valence-electron chi connectivity index (χ3n) is 4.47. The number of amides is 1. The summed E-state index contributed by atoms with van der Waals surface area (Å²) >= 11 is 1.62. The van der Waals surface area contributed by atoms with Crippen LogP contribution in [0.4, 0.5) is 0 Å². The number of nitrogens with two attached hydrogens (primary N) is 1. The van der Waals surface area contributed by atoms with Crippen molar-refractivity contribution in [3.8, 4) is 10.4 Å². The van der Waals surface area contributed by atoms with E-state index in [0.717, 1.165) is 10.4 Å². The molecule has 0 saturated carbocycles. The Morgan fingerprint density at radius 2 is 1.93 bits per heavy atom. The minimum absolute atomic E-state index is 0.0217. The van der Waals surface area contributed by atoms with Gasteiger partial charge in [-0.05, 0) is 35.2 Å². The second-order valence-electron chi connectivity index (χ2n) is 6.51. The van der Waals surface area contributed by atoms with Crippen molar-refractivity contribution < 1.29 is 9.59 Å². The van der Waals surface area contributed by atoms with E-state index in [1.165, 1.54) is 11.0 Å². The Hall–Kier alpha value is -3.71. The van der Waals surface area contributed by atoms with Crippen molar-refractivity contribution in [2.45, 2.75) is 0 Å². The summed E-state index contributed by atoms with van der Waals surface area (Å²) in [5.74, 6) is -0.141. The Labute approximate surface area is 179 Å². The van der Waals surface area contributed by atoms with Gasteiger partial charge in [-0.2, -0.15) is 0 Å². The van der Waals surface area contributed by atoms with E-state index in [9.17, 15) is 9.59 Å². The van der Waals surface area contributed by atoms with Crippen LogP contribution in [0.15, 0.2) is 84.8 Å². The molecule has 0 aliphatic heterocycles. The Balaban J connectivity index is 1.59. The van der Waals surface area contributed by atoms with Gasteiger partial charge in [0.05, 0.1) is 6.54 Å². The number of pyridine rings is 1. The summed E-state index contributed by atoms with van der Waals surface area (Å²) in [6.45, 7) is 3.86. The van der Waals surface area contributed by atoms with Gasteiger partial charge in [-0.1, -0.05) is 30.8 Å². The van der Waals surface area contributed by atoms with Crippen LogP contribution in [0.25, 0.3) is 16.1 Å². The highest BCUT2D eigenvalue weighted by molar-refractivity contribution is 7.13. The van der Waals surface area contributed by atoms with E-state index in [1.807, 2.05) is 35.7 Å². The molecule has 0 fully saturated rings. The monoisotopic (exact) mass is 418 g/mol. The molecule has 0 unspecified atom stereocenters. The lowest BCUT2D eigenvalue weighted by molar-refractivity contribution is -0.123. The Kier molecular flexibility index (Phi) is 6.77. The molecule has 3 N–H and O–H groups in total. The zero-order chi connectivity index (χ0) is 21.5. The average Bonchev–Trinajstić information content (AvgIpc) is 3.32. The first kappa shape index (κ1) is 21.0. The van der Waals surface area contributed by atoms with E-state index < -0.39 is 0 Å². The molecule has 0 atom stereocenters. The second-order valence-corrected chi connectivity index (χ2v) is 7.46. The normalized spacial score (nSPS) is 11.0. The SMILES string of the molecule is C=C(NCC(=O)c1cccc(-c2cccs2)c1)N(C)C(=O)/C=C(\N)c1ccncc1. The van der Waals surface area contributed by atoms with Gasteiger partial charge < -0.3 is 11.1 Å². The summed E-state index contributed by atoms with van der Waals surface area (Å²) in [6.07, 6.45) is 4.52. The van der Waals surface area contributed by atoms with E-state index in [4.69, 9.17) is 5.73 Å². The summed E-state index contributed by atoms with van der Waals surface area (Å²) in [5, 5.41) is 4.91. The van der Waals surface area contributed by atoms with Crippen LogP contribution in [0.5, 0.6) is 0 Å². The maximum atomic E-state index is 12.6. The third-order valence-corrected chi connectivity index (χ3v) is 5.39. The Morgan fingerprint density at radius 1 is 1.17 bits per heavy atom. The first-order valence-electron chi connectivity index (χ1n) is 9.21. The lowest BCUT2D eigenvalue weighted by atomic mass is 10.1. The fourth-order valence-corrected chi connectivity index (χ4v) is 3.41. The molecule has 3 aromatic rings. The molecule has 2 aromatic heterocycles. The average molecular weight is 419 g/mol. The van der Waals surface area contributed by atoms with Gasteiger partial charge >= 0.3 is 0 Å². The highest BCUT2D eigenvalue weighted by atomic mass is 32.1. The summed E-state index contributed by atoms with van der Waals surface area (Å²) in [4.78, 5) is 31.3. The number of hydrogen-bond acceptors (Lipinski definition) is 6. The zero-order valence-corrected chi connectivity index (χ0v) is 17.4. The van der Waals surface area contributed by atoms with Crippen molar-refractivity contribution in [1.29, 1.82) is 0 Å². The van der Waals surface area contributed by atoms with E-state index in [2.05, 4.69) is 16.9 Å². The molecule has 0 spiro atoms. The molecule has 3 rings (SSSR count). The summed E-state index contributed by atoms with van der Waals surface area (Å²) < 4.78 is 0. The maximum absolute atomic E-state index is 12.6. The van der Waals surface area contributed by atoms with E-state index in [-0.39, 0.29) is 18.2 Å². The molecular weight excluding hydrogens is 396 g/mol. The number of thiophene rings is 1. The second kappa shape index (κ2) is 9.67. The Bertz CT molecular complexity index is 1080. The summed E-state index contributed by atoms with van der Waals surface area (Å²) in [7, 11) is 1.57. The molecule has 0 aliphatic rings. The van der Waals surface area contributed by atoms with Gasteiger partial charge in [0, 0.05) is 47.2 Å². The summed E-state index contributed by atoms with van der Waals surface area (Å²) in [6, 6.07) is 14.9. The molecular formula is C23H22N4O2S. The van der Waals surface area contributed by atoms with Crippen molar-refractivity contribution in [3.05, 3.63) is 95.9 Å². The van der Waals surface area contributed by atoms with Crippen LogP contribution in [0.3, 0.4) is 0 Å². The van der Waals surface area contributed by atoms with E-state index in [0.29, 0.717) is 22.6 Å². The standard InChI is InChI=1S/C23H22N4O2S/c1-16(27(2)23(29)14-20(24)17-8-10-25-11-9-17)26-15-21(28)18-5-3-6-19(13-18)22-7-4-12-30-22/h3-14,26H,1,15,24H2,2H3/b20-14-. The number of hydrogen-bond donors (Lipinski definition) is 2. The molecule has 0 aliphatic carbocycles. The predicted molar refractivity (Wildman–Crippen MR) is 120 cm³/mol. The quantitative estimate of drug-likeness (QED) is 0.432. The molecule has 6 nitrogen and oxygen atoms in total. The molecule has 1 aromatic carbocycles. The van der Waals surface area contributed by atoms with Crippen molar-refractivity contribution in [1.82, 2.24) is 15.2 Å². The van der Waals surface area contributed by atoms with Gasteiger partial charge in [-0.25, -0.2) is 0 Å². The Morgan fingerprint density at radius 3 is 2.63 bits per heavy atom. The van der Waals surface area contributed by atoms with Crippen LogP contribution in [0.1, 0.15) is 15.9 Å². The smallest absolute Gasteiger partial charge is 0.253 e. The van der Waals surface area contributed by atoms with Gasteiger partial charge in [0.15, 0.2) is 5.78 Å². The number of ketones is 1. The van der Waals surface area contributed by atoms with Crippen LogP contribution in [0.2, 0.25) is 0 Å². The highest BCUT2D eigenvalue weighted by Gasteiger charge is 2.13. The van der Waals surface area contributed by atoms with Crippen LogP contribution in [-0.2, 0) is 4.79 Å². The third kappa shape index (κ3) is 5.21. The molecule has 2 heterocycles. The highest BCUT2D eigenvalue weighted by Crippen LogP contribution is 2.25. The zero-order valence-electron chi connectivity index (χ0n) is 16.5. The minimum atomic E-state index is -0.353. The molecule has 0 bridgehead atoms. The lowest BCUT2D eigenvalue weighted by Crippen LogP contribution is -2.34. The van der Waals surface area contributed by atoms with Crippen LogP contribution in [0, 0.1) is 0 Å². The first-order chi connectivity index (χ1) is 14.5. The fourth-order valence-electron chi connectivity index (χ4n) is 2.68. The first-order valence-corrected chi connectivity index (χ1v) is 10.1. The number of rotatable bonds is 8. The lowest BCUT2D eigenvalue weighted by Gasteiger charge is -2.19. The number of benzene rings is 1. The van der Waals surface area contributed by atoms with Crippen molar-refractivity contribution in [3.63, 3.8) is 0 Å². The fraction of sp³-hybridized carbons (Fsp3) is 0.0870. The number of carbonyl (C=O) groups excluding carboxylic acids is 2. The van der Waals surface area contributed by atoms with Gasteiger partial charge in [0.1, 0.15) is 5.82 Å². The van der Waals surface area contributed by atoms with Gasteiger partial charge in [-0.3, -0.25) is 19.5 Å². The van der Waals surface area contributed by atoms with Gasteiger partial charge in [-0.15, -0.1) is 11.3 Å². The summed E-state index contributed by atoms with van der Waals surface area (Å²) in [5.41, 5.74) is 8.58. The van der Waals surface area contributed by atoms with Gasteiger partial charge in [0.25, 0.3) is 5.91 Å². The number of likely N-dealkylation sites (N-methyl/N-ethyl adjacent to an activating group) is 1. The molecule has 0 radical (unpaired) electrons. The van der Waals surface area contributed by atoms with Crippen LogP contribution in [-0.4, -0.2) is 35.2 Å². The van der Waals surface area contributed by atoms with Crippen LogP contribution >= 0.6 is 11.3 Å². The molecule has 152 valence electrons. The van der Waals surface area contributed by atoms with Crippen LogP contribution < -0.4 is 11.1 Å². The maximum Gasteiger partial charge on any atom is 0.253 e. The van der Waals surface area contributed by atoms with Crippen molar-refractivity contribution in [2.75, 3.05) is 13.6 Å². The predicted octanol–water partition coefficient (Wildman–Crippen LogP) is 3.51. The van der Waals surface area contributed by atoms with Crippen molar-refractivity contribution >= 4 is 28.7 Å². The number of Topliss-reactive ketones (excluding diaryl/α,β-unsaturated/α-hetero) is 1.